The second-order valence-corrected chi connectivity index (χ2v) is 10.4. The quantitative estimate of drug-likeness (QED) is 0.838. The van der Waals surface area contributed by atoms with Gasteiger partial charge in [0.2, 0.25) is 0 Å². The van der Waals surface area contributed by atoms with Gasteiger partial charge in [-0.25, -0.2) is 4.99 Å². The summed E-state index contributed by atoms with van der Waals surface area (Å²) in [4.78, 5) is 18.3. The first-order valence-corrected chi connectivity index (χ1v) is 11.0. The van der Waals surface area contributed by atoms with Crippen molar-refractivity contribution in [2.45, 2.75) is 75.7 Å². The van der Waals surface area contributed by atoms with Crippen LogP contribution in [0.15, 0.2) is 35.3 Å². The molecule has 1 amide bonds. The molecule has 1 aromatic rings. The van der Waals surface area contributed by atoms with E-state index in [1.54, 1.807) is 0 Å². The van der Waals surface area contributed by atoms with Crippen LogP contribution in [0.1, 0.15) is 69.8 Å². The van der Waals surface area contributed by atoms with E-state index in [9.17, 15) is 9.90 Å². The van der Waals surface area contributed by atoms with Gasteiger partial charge >= 0.3 is 0 Å². The Morgan fingerprint density at radius 1 is 1.07 bits per heavy atom. The molecule has 0 radical (unpaired) electrons. The van der Waals surface area contributed by atoms with Crippen LogP contribution in [-0.2, 0) is 10.2 Å². The lowest BCUT2D eigenvalue weighted by molar-refractivity contribution is -0.165. The van der Waals surface area contributed by atoms with Gasteiger partial charge in [0.25, 0.3) is 5.91 Å². The maximum atomic E-state index is 13.6. The van der Waals surface area contributed by atoms with E-state index in [-0.39, 0.29) is 34.8 Å². The van der Waals surface area contributed by atoms with E-state index in [0.717, 1.165) is 69.9 Å². The number of nitrogens with two attached hydrogens (primary N) is 1. The van der Waals surface area contributed by atoms with E-state index in [1.165, 1.54) is 5.56 Å². The van der Waals surface area contributed by atoms with Gasteiger partial charge in [-0.1, -0.05) is 30.3 Å². The number of aliphatic hydroxyl groups excluding tert-OH is 1. The topological polar surface area (TPSA) is 75.7 Å². The lowest BCUT2D eigenvalue weighted by Crippen LogP contribution is -2.61. The molecule has 4 unspecified atom stereocenters. The third kappa shape index (κ3) is 2.88. The molecule has 3 N–H and O–H groups in total. The Balaban J connectivity index is 1.51. The monoisotopic (exact) mass is 380 g/mol. The van der Waals surface area contributed by atoms with Crippen LogP contribution in [0.5, 0.6) is 0 Å². The lowest BCUT2D eigenvalue weighted by atomic mass is 9.38. The molecular weight excluding hydrogens is 348 g/mol. The maximum absolute atomic E-state index is 13.6. The number of aliphatic hydroxyl groups is 1. The molecule has 0 aliphatic heterocycles. The molecule has 4 atom stereocenters. The highest BCUT2D eigenvalue weighted by Gasteiger charge is 2.65. The zero-order valence-electron chi connectivity index (χ0n) is 16.7. The molecular formula is C24H32N2O2. The zero-order valence-corrected chi connectivity index (χ0v) is 16.7. The smallest absolute Gasteiger partial charge is 0.251 e. The third-order valence-corrected chi connectivity index (χ3v) is 8.23. The second kappa shape index (κ2) is 6.50. The molecule has 4 nitrogen and oxygen atoms in total. The predicted molar refractivity (Wildman–Crippen MR) is 110 cm³/mol. The van der Waals surface area contributed by atoms with Gasteiger partial charge in [0.05, 0.1) is 5.41 Å². The van der Waals surface area contributed by atoms with Crippen molar-refractivity contribution in [3.8, 4) is 0 Å². The van der Waals surface area contributed by atoms with E-state index in [2.05, 4.69) is 30.3 Å². The Bertz CT molecular complexity index is 796. The highest BCUT2D eigenvalue weighted by atomic mass is 16.3. The zero-order chi connectivity index (χ0) is 19.4. The average Bonchev–Trinajstić information content (AvgIpc) is 2.69. The molecule has 0 spiro atoms. The molecule has 5 aliphatic rings. The van der Waals surface area contributed by atoms with E-state index < -0.39 is 0 Å². The Labute approximate surface area is 167 Å². The molecule has 1 aromatic carbocycles. The number of hydrogen-bond acceptors (Lipinski definition) is 3. The van der Waals surface area contributed by atoms with Gasteiger partial charge < -0.3 is 10.8 Å². The van der Waals surface area contributed by atoms with Crippen molar-refractivity contribution in [3.05, 3.63) is 35.9 Å². The molecule has 0 heterocycles. The van der Waals surface area contributed by atoms with Crippen LogP contribution in [-0.4, -0.2) is 29.4 Å². The summed E-state index contributed by atoms with van der Waals surface area (Å²) in [5.74, 6) is 0.618. The molecule has 28 heavy (non-hydrogen) atoms. The van der Waals surface area contributed by atoms with E-state index in [4.69, 9.17) is 10.7 Å². The molecule has 0 aromatic heterocycles. The highest BCUT2D eigenvalue weighted by molar-refractivity contribution is 5.98. The number of aliphatic imine (C=N–C) groups is 1. The summed E-state index contributed by atoms with van der Waals surface area (Å²) in [6.07, 6.45) is 9.51. The van der Waals surface area contributed by atoms with Crippen LogP contribution in [0.25, 0.3) is 0 Å². The van der Waals surface area contributed by atoms with Gasteiger partial charge in [-0.2, -0.15) is 0 Å². The average molecular weight is 381 g/mol. The van der Waals surface area contributed by atoms with Gasteiger partial charge in [0.1, 0.15) is 0 Å². The summed E-state index contributed by atoms with van der Waals surface area (Å²) >= 11 is 0. The molecule has 5 aliphatic carbocycles. The highest BCUT2D eigenvalue weighted by Crippen LogP contribution is 2.70. The third-order valence-electron chi connectivity index (χ3n) is 8.23. The first kappa shape index (κ1) is 18.5. The van der Waals surface area contributed by atoms with Crippen LogP contribution in [0, 0.1) is 16.7 Å². The first-order chi connectivity index (χ1) is 13.5. The van der Waals surface area contributed by atoms with Crippen molar-refractivity contribution in [3.63, 3.8) is 0 Å². The molecule has 5 saturated carbocycles. The largest absolute Gasteiger partial charge is 0.396 e. The maximum Gasteiger partial charge on any atom is 0.251 e. The van der Waals surface area contributed by atoms with Gasteiger partial charge in [-0.05, 0) is 86.5 Å². The summed E-state index contributed by atoms with van der Waals surface area (Å²) in [7, 11) is 0. The number of amides is 1. The SMILES string of the molecule is NC1CCC(=NC(=O)C23CC4CC(CO)(C2)CC(c2ccccc2)(C4)C3)CC1. The summed E-state index contributed by atoms with van der Waals surface area (Å²) in [5.41, 5.74) is 7.95. The fraction of sp³-hybridized carbons (Fsp3) is 0.667. The van der Waals surface area contributed by atoms with E-state index in [0.29, 0.717) is 5.92 Å². The van der Waals surface area contributed by atoms with Crippen LogP contribution in [0.4, 0.5) is 0 Å². The molecule has 150 valence electrons. The predicted octanol–water partition coefficient (Wildman–Crippen LogP) is 3.76. The Morgan fingerprint density at radius 3 is 2.54 bits per heavy atom. The minimum absolute atomic E-state index is 0.0220. The molecule has 4 bridgehead atoms. The number of nitrogens with zero attached hydrogens (tertiary/aromatic N) is 1. The van der Waals surface area contributed by atoms with Crippen molar-refractivity contribution in [1.82, 2.24) is 0 Å². The fourth-order valence-electron chi connectivity index (χ4n) is 7.51. The number of carbonyl (C=O) groups excluding carboxylic acids is 1. The van der Waals surface area contributed by atoms with E-state index in [1.807, 2.05) is 0 Å². The molecule has 0 saturated heterocycles. The van der Waals surface area contributed by atoms with Crippen LogP contribution in [0.3, 0.4) is 0 Å². The van der Waals surface area contributed by atoms with Gasteiger partial charge in [0, 0.05) is 18.4 Å². The standard InChI is InChI=1S/C24H32N2O2/c25-19-6-8-20(9-7-19)26-21(28)24-12-17-10-22(14-24,16-27)13-23(11-17,15-24)18-4-2-1-3-5-18/h1-5,17,19,27H,6-16,25H2. The summed E-state index contributed by atoms with van der Waals surface area (Å²) in [6.45, 7) is 0.193. The van der Waals surface area contributed by atoms with Crippen molar-refractivity contribution >= 4 is 11.6 Å². The number of benzene rings is 1. The minimum Gasteiger partial charge on any atom is -0.396 e. The Hall–Kier alpha value is -1.52. The van der Waals surface area contributed by atoms with Crippen molar-refractivity contribution < 1.29 is 9.90 Å². The molecule has 5 fully saturated rings. The fourth-order valence-corrected chi connectivity index (χ4v) is 7.51. The van der Waals surface area contributed by atoms with Crippen LogP contribution < -0.4 is 5.73 Å². The summed E-state index contributed by atoms with van der Waals surface area (Å²) in [6, 6.07) is 11.0. The lowest BCUT2D eigenvalue weighted by Gasteiger charge is -2.65. The van der Waals surface area contributed by atoms with Crippen LogP contribution in [0.2, 0.25) is 0 Å². The first-order valence-electron chi connectivity index (χ1n) is 11.0. The van der Waals surface area contributed by atoms with E-state index >= 15 is 0 Å². The summed E-state index contributed by atoms with van der Waals surface area (Å²) in [5, 5.41) is 10.4. The second-order valence-electron chi connectivity index (χ2n) is 10.4. The normalized spacial score (nSPS) is 41.9. The van der Waals surface area contributed by atoms with Crippen molar-refractivity contribution in [1.29, 1.82) is 0 Å². The number of rotatable bonds is 3. The van der Waals surface area contributed by atoms with Gasteiger partial charge in [-0.15, -0.1) is 0 Å². The molecule has 4 heteroatoms. The number of hydrogen-bond donors (Lipinski definition) is 2. The van der Waals surface area contributed by atoms with Crippen molar-refractivity contribution in [2.24, 2.45) is 27.5 Å². The molecule has 6 rings (SSSR count). The van der Waals surface area contributed by atoms with Crippen molar-refractivity contribution in [2.75, 3.05) is 6.61 Å². The Morgan fingerprint density at radius 2 is 1.82 bits per heavy atom. The minimum atomic E-state index is -0.384. The van der Waals surface area contributed by atoms with Gasteiger partial charge in [-0.3, -0.25) is 4.79 Å². The van der Waals surface area contributed by atoms with Gasteiger partial charge in [0.15, 0.2) is 0 Å². The Kier molecular flexibility index (Phi) is 4.29. The number of carbonyl (C=O) groups is 1. The summed E-state index contributed by atoms with van der Waals surface area (Å²) < 4.78 is 0. The van der Waals surface area contributed by atoms with Crippen LogP contribution >= 0.6 is 0 Å².